The first-order valence-corrected chi connectivity index (χ1v) is 10.9. The number of carbonyl (C=O) groups is 1. The van der Waals surface area contributed by atoms with Gasteiger partial charge in [0.1, 0.15) is 11.5 Å². The van der Waals surface area contributed by atoms with Gasteiger partial charge in [-0.3, -0.25) is 9.79 Å². The van der Waals surface area contributed by atoms with Crippen LogP contribution in [0.2, 0.25) is 0 Å². The van der Waals surface area contributed by atoms with Crippen LogP contribution in [0.5, 0.6) is 23.0 Å². The summed E-state index contributed by atoms with van der Waals surface area (Å²) < 4.78 is 15.9. The van der Waals surface area contributed by atoms with Crippen LogP contribution < -0.4 is 19.9 Å². The second-order valence-electron chi connectivity index (χ2n) is 6.55. The van der Waals surface area contributed by atoms with Crippen molar-refractivity contribution in [2.24, 2.45) is 10.7 Å². The molecule has 34 heavy (non-hydrogen) atoms. The molecule has 0 aromatic heterocycles. The van der Waals surface area contributed by atoms with E-state index in [4.69, 9.17) is 30.3 Å². The summed E-state index contributed by atoms with van der Waals surface area (Å²) in [5, 5.41) is 17.9. The van der Waals surface area contributed by atoms with Crippen molar-refractivity contribution in [3.8, 4) is 29.1 Å². The molecule has 0 radical (unpaired) electrons. The van der Waals surface area contributed by atoms with Crippen LogP contribution in [0.3, 0.4) is 0 Å². The number of aliphatic imine (C=N–C) groups is 1. The Labute approximate surface area is 202 Å². The minimum absolute atomic E-state index is 0.133. The zero-order chi connectivity index (χ0) is 24.9. The fourth-order valence-electron chi connectivity index (χ4n) is 2.77. The van der Waals surface area contributed by atoms with Gasteiger partial charge in [0.15, 0.2) is 23.9 Å². The first-order chi connectivity index (χ1) is 16.5. The summed E-state index contributed by atoms with van der Waals surface area (Å²) in [4.78, 5) is 15.9. The number of aromatic hydroxyl groups is 1. The number of benzene rings is 3. The third-order valence-corrected chi connectivity index (χ3v) is 5.27. The molecular weight excluding hydrogens is 454 g/mol. The Balaban J connectivity index is 0.000000248. The fourth-order valence-corrected chi connectivity index (χ4v) is 3.41. The molecule has 3 rings (SSSR count). The van der Waals surface area contributed by atoms with Crippen molar-refractivity contribution < 1.29 is 24.1 Å². The van der Waals surface area contributed by atoms with Gasteiger partial charge < -0.3 is 25.1 Å². The standard InChI is InChI=1S/C15H11NO3.C10H14N2O2S/c16-9-11-1-3-12(4-2-11)15(10-17)19-14-7-5-13(18)6-8-14;1-12-7-4-8(13-2)9(14-3)5-10(7)15-6-11/h1-8,10,15,18H;4-5H,1,6,11H2,2-3H3. The Hall–Kier alpha value is -4.00. The highest BCUT2D eigenvalue weighted by Crippen LogP contribution is 2.39. The minimum Gasteiger partial charge on any atom is -0.508 e. The summed E-state index contributed by atoms with van der Waals surface area (Å²) in [5.41, 5.74) is 7.42. The van der Waals surface area contributed by atoms with Crippen molar-refractivity contribution >= 4 is 30.5 Å². The summed E-state index contributed by atoms with van der Waals surface area (Å²) in [7, 11) is 3.18. The van der Waals surface area contributed by atoms with Crippen LogP contribution >= 0.6 is 11.8 Å². The highest BCUT2D eigenvalue weighted by atomic mass is 32.2. The molecule has 3 aromatic carbocycles. The number of hydrogen-bond acceptors (Lipinski definition) is 9. The first-order valence-electron chi connectivity index (χ1n) is 9.96. The lowest BCUT2D eigenvalue weighted by molar-refractivity contribution is -0.113. The van der Waals surface area contributed by atoms with Crippen molar-refractivity contribution in [3.05, 3.63) is 71.8 Å². The van der Waals surface area contributed by atoms with Crippen molar-refractivity contribution in [3.63, 3.8) is 0 Å². The molecule has 0 aliphatic rings. The summed E-state index contributed by atoms with van der Waals surface area (Å²) >= 11 is 1.48. The first kappa shape index (κ1) is 26.3. The van der Waals surface area contributed by atoms with E-state index in [1.54, 1.807) is 56.7 Å². The molecule has 0 saturated heterocycles. The fraction of sp³-hybridized carbons (Fsp3) is 0.160. The van der Waals surface area contributed by atoms with Crippen molar-refractivity contribution in [1.29, 1.82) is 5.26 Å². The molecule has 8 nitrogen and oxygen atoms in total. The molecule has 1 unspecified atom stereocenters. The maximum absolute atomic E-state index is 11.1. The Kier molecular flexibility index (Phi) is 10.4. The average molecular weight is 480 g/mol. The lowest BCUT2D eigenvalue weighted by atomic mass is 10.1. The maximum Gasteiger partial charge on any atom is 0.179 e. The number of thioether (sulfide) groups is 1. The quantitative estimate of drug-likeness (QED) is 0.197. The lowest BCUT2D eigenvalue weighted by Gasteiger charge is -2.13. The Morgan fingerprint density at radius 3 is 2.24 bits per heavy atom. The molecule has 3 aromatic rings. The molecule has 0 fully saturated rings. The number of nitriles is 1. The molecule has 0 heterocycles. The van der Waals surface area contributed by atoms with Gasteiger partial charge in [0.25, 0.3) is 0 Å². The normalized spacial score (nSPS) is 10.6. The summed E-state index contributed by atoms with van der Waals surface area (Å²) in [6, 6.07) is 18.4. The van der Waals surface area contributed by atoms with E-state index in [0.29, 0.717) is 40.5 Å². The van der Waals surface area contributed by atoms with Gasteiger partial charge >= 0.3 is 0 Å². The number of rotatable bonds is 9. The highest BCUT2D eigenvalue weighted by Gasteiger charge is 2.12. The maximum atomic E-state index is 11.1. The molecular formula is C25H25N3O5S. The number of nitrogens with two attached hydrogens (primary N) is 1. The van der Waals surface area contributed by atoms with Crippen LogP contribution in [0.1, 0.15) is 17.2 Å². The third kappa shape index (κ3) is 7.27. The van der Waals surface area contributed by atoms with Crippen molar-refractivity contribution in [2.75, 3.05) is 20.1 Å². The predicted molar refractivity (Wildman–Crippen MR) is 132 cm³/mol. The minimum atomic E-state index is -0.739. The zero-order valence-electron chi connectivity index (χ0n) is 18.8. The monoisotopic (exact) mass is 479 g/mol. The van der Waals surface area contributed by atoms with Crippen LogP contribution in [0.4, 0.5) is 5.69 Å². The van der Waals surface area contributed by atoms with E-state index < -0.39 is 6.10 Å². The average Bonchev–Trinajstić information content (AvgIpc) is 2.88. The van der Waals surface area contributed by atoms with Gasteiger partial charge in [0.2, 0.25) is 0 Å². The van der Waals surface area contributed by atoms with Crippen LogP contribution in [-0.2, 0) is 4.79 Å². The van der Waals surface area contributed by atoms with Gasteiger partial charge in [-0.05, 0) is 54.7 Å². The van der Waals surface area contributed by atoms with E-state index in [1.165, 1.54) is 23.9 Å². The molecule has 0 saturated carbocycles. The molecule has 9 heteroatoms. The van der Waals surface area contributed by atoms with Gasteiger partial charge in [-0.25, -0.2) is 0 Å². The zero-order valence-corrected chi connectivity index (χ0v) is 19.6. The van der Waals surface area contributed by atoms with Crippen LogP contribution in [0.15, 0.2) is 70.6 Å². The summed E-state index contributed by atoms with van der Waals surface area (Å²) in [6.45, 7) is 3.50. The third-order valence-electron chi connectivity index (χ3n) is 4.47. The Bertz CT molecular complexity index is 1130. The second kappa shape index (κ2) is 13.5. The van der Waals surface area contributed by atoms with E-state index in [2.05, 4.69) is 11.7 Å². The number of nitrogens with zero attached hydrogens (tertiary/aromatic N) is 2. The van der Waals surface area contributed by atoms with Crippen LogP contribution in [-0.4, -0.2) is 38.2 Å². The molecule has 0 aliphatic heterocycles. The van der Waals surface area contributed by atoms with Crippen molar-refractivity contribution in [1.82, 2.24) is 0 Å². The van der Waals surface area contributed by atoms with Crippen LogP contribution in [0.25, 0.3) is 0 Å². The SMILES string of the molecule is C=Nc1cc(OC)c(OC)cc1SCN.N#Cc1ccc(C(C=O)Oc2ccc(O)cc2)cc1. The Morgan fingerprint density at radius 1 is 1.12 bits per heavy atom. The molecule has 176 valence electrons. The topological polar surface area (TPSA) is 127 Å². The lowest BCUT2D eigenvalue weighted by Crippen LogP contribution is -2.08. The second-order valence-corrected chi connectivity index (χ2v) is 7.61. The van der Waals surface area contributed by atoms with Crippen molar-refractivity contribution in [2.45, 2.75) is 11.0 Å². The Morgan fingerprint density at radius 2 is 1.74 bits per heavy atom. The molecule has 0 spiro atoms. The number of methoxy groups -OCH3 is 2. The molecule has 3 N–H and O–H groups in total. The van der Waals surface area contributed by atoms with Gasteiger partial charge in [-0.15, -0.1) is 11.8 Å². The van der Waals surface area contributed by atoms with Gasteiger partial charge in [-0.1, -0.05) is 12.1 Å². The largest absolute Gasteiger partial charge is 0.508 e. The van der Waals surface area contributed by atoms with E-state index in [1.807, 2.05) is 12.1 Å². The number of phenolic OH excluding ortho intramolecular Hbond substituents is 1. The van der Waals surface area contributed by atoms with Gasteiger partial charge in [0, 0.05) is 16.8 Å². The molecule has 0 bridgehead atoms. The van der Waals surface area contributed by atoms with E-state index in [9.17, 15) is 4.79 Å². The van der Waals surface area contributed by atoms with E-state index >= 15 is 0 Å². The van der Waals surface area contributed by atoms with Gasteiger partial charge in [0.05, 0.1) is 31.5 Å². The molecule has 1 atom stereocenters. The van der Waals surface area contributed by atoms with Crippen LogP contribution in [0, 0.1) is 11.3 Å². The molecule has 0 amide bonds. The highest BCUT2D eigenvalue weighted by molar-refractivity contribution is 7.99. The van der Waals surface area contributed by atoms with Gasteiger partial charge in [-0.2, -0.15) is 5.26 Å². The summed E-state index contributed by atoms with van der Waals surface area (Å²) in [6.07, 6.45) is -0.0499. The molecule has 0 aliphatic carbocycles. The predicted octanol–water partition coefficient (Wildman–Crippen LogP) is 4.63. The summed E-state index contributed by atoms with van der Waals surface area (Å²) in [5.74, 6) is 2.41. The number of carbonyl (C=O) groups excluding carboxylic acids is 1. The number of ether oxygens (including phenoxy) is 3. The van der Waals surface area contributed by atoms with E-state index in [-0.39, 0.29) is 5.75 Å². The van der Waals surface area contributed by atoms with E-state index in [0.717, 1.165) is 10.6 Å². The smallest absolute Gasteiger partial charge is 0.179 e. The number of hydrogen-bond donors (Lipinski definition) is 2. The number of phenols is 1. The number of aldehydes is 1.